The van der Waals surface area contributed by atoms with E-state index in [1.165, 1.54) is 12.8 Å². The fourth-order valence-corrected chi connectivity index (χ4v) is 2.37. The zero-order valence-electron chi connectivity index (χ0n) is 9.87. The molecule has 0 radical (unpaired) electrons. The number of nitrogens with one attached hydrogen (secondary N) is 1. The lowest BCUT2D eigenvalue weighted by Gasteiger charge is -2.33. The molecule has 17 heavy (non-hydrogen) atoms. The van der Waals surface area contributed by atoms with Gasteiger partial charge in [0.25, 0.3) is 0 Å². The molecule has 0 saturated carbocycles. The standard InChI is InChI=1S/C11H16N6/c1-12-9-3-2-5-16(7-9)10-11-15-14-8-17(11)6-4-13-10/h4,6,8-9,12H,2-3,5,7H2,1H3. The lowest BCUT2D eigenvalue weighted by atomic mass is 10.1. The van der Waals surface area contributed by atoms with Crippen molar-refractivity contribution in [2.24, 2.45) is 0 Å². The molecule has 0 aromatic carbocycles. The van der Waals surface area contributed by atoms with Gasteiger partial charge in [0.2, 0.25) is 5.65 Å². The Kier molecular flexibility index (Phi) is 2.64. The predicted molar refractivity (Wildman–Crippen MR) is 65.1 cm³/mol. The molecule has 1 fully saturated rings. The van der Waals surface area contributed by atoms with Gasteiger partial charge >= 0.3 is 0 Å². The van der Waals surface area contributed by atoms with Gasteiger partial charge in [-0.3, -0.25) is 4.40 Å². The Morgan fingerprint density at radius 2 is 2.41 bits per heavy atom. The van der Waals surface area contributed by atoms with E-state index in [2.05, 4.69) is 25.4 Å². The molecule has 90 valence electrons. The first-order chi connectivity index (χ1) is 8.38. The van der Waals surface area contributed by atoms with Crippen LogP contribution < -0.4 is 10.2 Å². The van der Waals surface area contributed by atoms with Crippen molar-refractivity contribution in [2.45, 2.75) is 18.9 Å². The summed E-state index contributed by atoms with van der Waals surface area (Å²) >= 11 is 0. The van der Waals surface area contributed by atoms with E-state index < -0.39 is 0 Å². The van der Waals surface area contributed by atoms with Crippen molar-refractivity contribution < 1.29 is 0 Å². The van der Waals surface area contributed by atoms with Crippen LogP contribution in [-0.2, 0) is 0 Å². The zero-order valence-corrected chi connectivity index (χ0v) is 9.87. The molecular formula is C11H16N6. The molecule has 1 aliphatic heterocycles. The van der Waals surface area contributed by atoms with Crippen molar-refractivity contribution in [1.29, 1.82) is 0 Å². The van der Waals surface area contributed by atoms with Crippen LogP contribution in [0.15, 0.2) is 18.7 Å². The van der Waals surface area contributed by atoms with Gasteiger partial charge in [-0.1, -0.05) is 0 Å². The summed E-state index contributed by atoms with van der Waals surface area (Å²) in [5.41, 5.74) is 0.837. The summed E-state index contributed by atoms with van der Waals surface area (Å²) in [6, 6.07) is 0.536. The summed E-state index contributed by atoms with van der Waals surface area (Å²) < 4.78 is 1.91. The van der Waals surface area contributed by atoms with Crippen molar-refractivity contribution >= 4 is 11.5 Å². The molecule has 1 unspecified atom stereocenters. The van der Waals surface area contributed by atoms with Crippen molar-refractivity contribution in [2.75, 3.05) is 25.0 Å². The molecule has 6 nitrogen and oxygen atoms in total. The van der Waals surface area contributed by atoms with E-state index in [0.717, 1.165) is 24.6 Å². The average Bonchev–Trinajstić information content (AvgIpc) is 2.87. The van der Waals surface area contributed by atoms with Crippen LogP contribution in [0.25, 0.3) is 5.65 Å². The van der Waals surface area contributed by atoms with Crippen LogP contribution in [0.2, 0.25) is 0 Å². The van der Waals surface area contributed by atoms with Gasteiger partial charge in [0.1, 0.15) is 6.33 Å². The SMILES string of the molecule is CNC1CCCN(c2nccn3cnnc23)C1. The highest BCUT2D eigenvalue weighted by atomic mass is 15.3. The summed E-state index contributed by atoms with van der Waals surface area (Å²) in [7, 11) is 2.01. The lowest BCUT2D eigenvalue weighted by Crippen LogP contribution is -2.44. The fourth-order valence-electron chi connectivity index (χ4n) is 2.37. The number of anilines is 1. The van der Waals surface area contributed by atoms with Gasteiger partial charge in [0, 0.05) is 31.5 Å². The summed E-state index contributed by atoms with van der Waals surface area (Å²) in [6.45, 7) is 2.02. The molecule has 3 heterocycles. The number of nitrogens with zero attached hydrogens (tertiary/aromatic N) is 5. The molecule has 0 bridgehead atoms. The second kappa shape index (κ2) is 4.29. The fraction of sp³-hybridized carbons (Fsp3) is 0.545. The molecule has 2 aromatic heterocycles. The summed E-state index contributed by atoms with van der Waals surface area (Å²) in [6.07, 6.45) is 7.79. The molecule has 1 saturated heterocycles. The van der Waals surface area contributed by atoms with E-state index in [0.29, 0.717) is 6.04 Å². The third-order valence-corrected chi connectivity index (χ3v) is 3.33. The highest BCUT2D eigenvalue weighted by Gasteiger charge is 2.21. The Morgan fingerprint density at radius 1 is 1.47 bits per heavy atom. The number of rotatable bonds is 2. The van der Waals surface area contributed by atoms with Crippen LogP contribution in [0.1, 0.15) is 12.8 Å². The van der Waals surface area contributed by atoms with Crippen molar-refractivity contribution in [3.63, 3.8) is 0 Å². The summed E-state index contributed by atoms with van der Waals surface area (Å²) in [5, 5.41) is 11.4. The smallest absolute Gasteiger partial charge is 0.203 e. The Labute approximate surface area is 99.7 Å². The molecule has 1 atom stereocenters. The van der Waals surface area contributed by atoms with Gasteiger partial charge in [0.05, 0.1) is 0 Å². The topological polar surface area (TPSA) is 58.4 Å². The van der Waals surface area contributed by atoms with Gasteiger partial charge in [0.15, 0.2) is 5.82 Å². The number of hydrogen-bond donors (Lipinski definition) is 1. The highest BCUT2D eigenvalue weighted by molar-refractivity contribution is 5.63. The molecule has 1 aliphatic rings. The summed E-state index contributed by atoms with van der Waals surface area (Å²) in [4.78, 5) is 6.73. The van der Waals surface area contributed by atoms with E-state index in [9.17, 15) is 0 Å². The largest absolute Gasteiger partial charge is 0.352 e. The monoisotopic (exact) mass is 232 g/mol. The van der Waals surface area contributed by atoms with Crippen molar-refractivity contribution in [3.8, 4) is 0 Å². The number of aromatic nitrogens is 4. The minimum atomic E-state index is 0.536. The Bertz CT molecular complexity index is 507. The van der Waals surface area contributed by atoms with Crippen LogP contribution >= 0.6 is 0 Å². The maximum Gasteiger partial charge on any atom is 0.203 e. The number of hydrogen-bond acceptors (Lipinski definition) is 5. The molecule has 0 spiro atoms. The Morgan fingerprint density at radius 3 is 3.29 bits per heavy atom. The molecular weight excluding hydrogens is 216 g/mol. The van der Waals surface area contributed by atoms with Gasteiger partial charge in [-0.25, -0.2) is 4.98 Å². The first-order valence-corrected chi connectivity index (χ1v) is 5.95. The van der Waals surface area contributed by atoms with Gasteiger partial charge < -0.3 is 10.2 Å². The van der Waals surface area contributed by atoms with Crippen LogP contribution in [0, 0.1) is 0 Å². The van der Waals surface area contributed by atoms with E-state index >= 15 is 0 Å². The Hall–Kier alpha value is -1.69. The van der Waals surface area contributed by atoms with Crippen LogP contribution in [-0.4, -0.2) is 45.8 Å². The number of likely N-dealkylation sites (N-methyl/N-ethyl adjacent to an activating group) is 1. The maximum absolute atomic E-state index is 4.45. The molecule has 2 aromatic rings. The maximum atomic E-state index is 4.45. The first kappa shape index (κ1) is 10.5. The van der Waals surface area contributed by atoms with Crippen LogP contribution in [0.4, 0.5) is 5.82 Å². The molecule has 0 amide bonds. The molecule has 0 aliphatic carbocycles. The van der Waals surface area contributed by atoms with Gasteiger partial charge in [-0.15, -0.1) is 10.2 Å². The second-order valence-corrected chi connectivity index (χ2v) is 4.39. The Balaban J connectivity index is 1.94. The van der Waals surface area contributed by atoms with Crippen molar-refractivity contribution in [1.82, 2.24) is 24.9 Å². The number of piperidine rings is 1. The third kappa shape index (κ3) is 1.84. The van der Waals surface area contributed by atoms with Gasteiger partial charge in [-0.2, -0.15) is 0 Å². The highest BCUT2D eigenvalue weighted by Crippen LogP contribution is 2.20. The third-order valence-electron chi connectivity index (χ3n) is 3.33. The van der Waals surface area contributed by atoms with E-state index in [1.807, 2.05) is 17.6 Å². The number of fused-ring (bicyclic) bond motifs is 1. The average molecular weight is 232 g/mol. The minimum Gasteiger partial charge on any atom is -0.352 e. The van der Waals surface area contributed by atoms with E-state index in [1.54, 1.807) is 12.5 Å². The van der Waals surface area contributed by atoms with E-state index in [-0.39, 0.29) is 0 Å². The predicted octanol–water partition coefficient (Wildman–Crippen LogP) is 0.312. The quantitative estimate of drug-likeness (QED) is 0.807. The van der Waals surface area contributed by atoms with Crippen LogP contribution in [0.5, 0.6) is 0 Å². The normalized spacial score (nSPS) is 21.0. The van der Waals surface area contributed by atoms with Gasteiger partial charge in [-0.05, 0) is 19.9 Å². The minimum absolute atomic E-state index is 0.536. The van der Waals surface area contributed by atoms with E-state index in [4.69, 9.17) is 0 Å². The van der Waals surface area contributed by atoms with Crippen LogP contribution in [0.3, 0.4) is 0 Å². The second-order valence-electron chi connectivity index (χ2n) is 4.39. The molecule has 3 rings (SSSR count). The lowest BCUT2D eigenvalue weighted by molar-refractivity contribution is 0.448. The molecule has 6 heteroatoms. The molecule has 1 N–H and O–H groups in total. The summed E-state index contributed by atoms with van der Waals surface area (Å²) in [5.74, 6) is 0.935. The first-order valence-electron chi connectivity index (χ1n) is 5.95. The zero-order chi connectivity index (χ0) is 11.7. The van der Waals surface area contributed by atoms with Crippen molar-refractivity contribution in [3.05, 3.63) is 18.7 Å².